The maximum absolute atomic E-state index is 4.67. The number of fused-ring (bicyclic) bond motifs is 2. The molecule has 162 valence electrons. The van der Waals surface area contributed by atoms with E-state index in [9.17, 15) is 0 Å². The van der Waals surface area contributed by atoms with Crippen LogP contribution in [0.3, 0.4) is 0 Å². The fourth-order valence-electron chi connectivity index (χ4n) is 6.38. The molecule has 4 atom stereocenters. The number of quaternary nitrogens is 2. The molecule has 6 rings (SSSR count). The van der Waals surface area contributed by atoms with Gasteiger partial charge >= 0.3 is 0 Å². The van der Waals surface area contributed by atoms with Crippen LogP contribution < -0.4 is 9.80 Å². The number of piperazine rings is 1. The standard InChI is InChI=1S/C24H31N7/c1-2-7-20(8-3-1)31-24(26-27-28-31)23(30-15-14-29-13-5-9-21(29)17-30)19-10-11-22-18(16-19)6-4-12-25-22/h4,6,10-12,16,20-21,23H,1-3,5,7-9,13-15,17H2/p+2/t21-,23+/m1/s1. The molecular weight excluding hydrogens is 386 g/mol. The molecule has 1 saturated carbocycles. The van der Waals surface area contributed by atoms with Crippen molar-refractivity contribution in [2.75, 3.05) is 26.2 Å². The van der Waals surface area contributed by atoms with Gasteiger partial charge in [-0.3, -0.25) is 4.98 Å². The number of pyridine rings is 1. The van der Waals surface area contributed by atoms with Gasteiger partial charge in [-0.1, -0.05) is 31.4 Å². The third-order valence-corrected chi connectivity index (χ3v) is 7.97. The highest BCUT2D eigenvalue weighted by atomic mass is 15.6. The van der Waals surface area contributed by atoms with Crippen LogP contribution in [0.15, 0.2) is 36.5 Å². The Kier molecular flexibility index (Phi) is 5.16. The molecule has 2 N–H and O–H groups in total. The highest BCUT2D eigenvalue weighted by molar-refractivity contribution is 5.79. The Morgan fingerprint density at radius 3 is 2.84 bits per heavy atom. The third-order valence-electron chi connectivity index (χ3n) is 7.97. The van der Waals surface area contributed by atoms with Crippen molar-refractivity contribution < 1.29 is 9.80 Å². The Labute approximate surface area is 183 Å². The average molecular weight is 420 g/mol. The molecule has 0 amide bonds. The molecule has 7 nitrogen and oxygen atoms in total. The second kappa shape index (κ2) is 8.28. The summed E-state index contributed by atoms with van der Waals surface area (Å²) in [7, 11) is 0. The molecule has 31 heavy (non-hydrogen) atoms. The van der Waals surface area contributed by atoms with Gasteiger partial charge in [0.05, 0.1) is 18.1 Å². The molecule has 2 aromatic heterocycles. The SMILES string of the molecule is c1cnc2ccc([C@@H](c3nnnn3C3CCCCC3)[NH+]3CC[NH+]4CCC[C@@H]4C3)cc2c1. The van der Waals surface area contributed by atoms with E-state index < -0.39 is 0 Å². The molecule has 7 heteroatoms. The van der Waals surface area contributed by atoms with Crippen LogP contribution in [0.5, 0.6) is 0 Å². The fraction of sp³-hybridized carbons (Fsp3) is 0.583. The van der Waals surface area contributed by atoms with Gasteiger partial charge in [-0.15, -0.1) is 5.10 Å². The number of nitrogens with one attached hydrogen (secondary N) is 2. The van der Waals surface area contributed by atoms with Crippen molar-refractivity contribution in [3.05, 3.63) is 47.9 Å². The number of aromatic nitrogens is 5. The molecule has 0 bridgehead atoms. The first-order valence-corrected chi connectivity index (χ1v) is 12.2. The van der Waals surface area contributed by atoms with E-state index in [1.54, 1.807) is 4.90 Å². The van der Waals surface area contributed by atoms with E-state index >= 15 is 0 Å². The van der Waals surface area contributed by atoms with E-state index in [0.29, 0.717) is 6.04 Å². The molecule has 1 aromatic carbocycles. The highest BCUT2D eigenvalue weighted by Crippen LogP contribution is 2.30. The zero-order valence-electron chi connectivity index (χ0n) is 18.2. The lowest BCUT2D eigenvalue weighted by atomic mass is 9.94. The van der Waals surface area contributed by atoms with Crippen molar-refractivity contribution >= 4 is 10.9 Å². The van der Waals surface area contributed by atoms with Gasteiger partial charge in [0.15, 0.2) is 6.04 Å². The summed E-state index contributed by atoms with van der Waals surface area (Å²) in [6.07, 6.45) is 10.9. The van der Waals surface area contributed by atoms with E-state index in [1.807, 2.05) is 17.2 Å². The fourth-order valence-corrected chi connectivity index (χ4v) is 6.38. The Balaban J connectivity index is 1.41. The number of nitrogens with zero attached hydrogens (tertiary/aromatic N) is 5. The summed E-state index contributed by atoms with van der Waals surface area (Å²) in [5.74, 6) is 1.06. The molecule has 3 aliphatic rings. The quantitative estimate of drug-likeness (QED) is 0.656. The molecular formula is C24H33N7+2. The van der Waals surface area contributed by atoms with E-state index in [4.69, 9.17) is 0 Å². The van der Waals surface area contributed by atoms with Crippen molar-refractivity contribution in [1.82, 2.24) is 25.2 Å². The molecule has 2 aliphatic heterocycles. The number of hydrogen-bond donors (Lipinski definition) is 2. The molecule has 0 radical (unpaired) electrons. The maximum atomic E-state index is 4.67. The minimum Gasteiger partial charge on any atom is -0.323 e. The zero-order valence-corrected chi connectivity index (χ0v) is 18.2. The Morgan fingerprint density at radius 2 is 1.90 bits per heavy atom. The van der Waals surface area contributed by atoms with Gasteiger partial charge < -0.3 is 9.80 Å². The molecule has 4 heterocycles. The summed E-state index contributed by atoms with van der Waals surface area (Å²) in [6, 6.07) is 12.4. The Hall–Kier alpha value is -2.38. The first kappa shape index (κ1) is 19.3. The predicted molar refractivity (Wildman–Crippen MR) is 118 cm³/mol. The van der Waals surface area contributed by atoms with Gasteiger partial charge in [0.25, 0.3) is 0 Å². The number of benzene rings is 1. The van der Waals surface area contributed by atoms with Crippen LogP contribution in [0, 0.1) is 0 Å². The van der Waals surface area contributed by atoms with Gasteiger partial charge in [-0.05, 0) is 41.5 Å². The highest BCUT2D eigenvalue weighted by Gasteiger charge is 2.42. The summed E-state index contributed by atoms with van der Waals surface area (Å²) in [6.45, 7) is 5.00. The van der Waals surface area contributed by atoms with Gasteiger partial charge in [0.2, 0.25) is 5.82 Å². The van der Waals surface area contributed by atoms with Crippen molar-refractivity contribution in [1.29, 1.82) is 0 Å². The third kappa shape index (κ3) is 3.64. The summed E-state index contributed by atoms with van der Waals surface area (Å²) in [5, 5.41) is 14.6. The molecule has 2 saturated heterocycles. The van der Waals surface area contributed by atoms with E-state index in [0.717, 1.165) is 17.4 Å². The van der Waals surface area contributed by atoms with Crippen LogP contribution in [0.4, 0.5) is 0 Å². The zero-order chi connectivity index (χ0) is 20.6. The van der Waals surface area contributed by atoms with Crippen molar-refractivity contribution in [2.24, 2.45) is 0 Å². The van der Waals surface area contributed by atoms with Crippen LogP contribution in [0.1, 0.15) is 68.4 Å². The van der Waals surface area contributed by atoms with Gasteiger partial charge in [0.1, 0.15) is 25.7 Å². The van der Waals surface area contributed by atoms with Crippen molar-refractivity contribution in [2.45, 2.75) is 63.1 Å². The number of hydrogen-bond acceptors (Lipinski definition) is 4. The molecule has 3 aromatic rings. The summed E-state index contributed by atoms with van der Waals surface area (Å²) in [5.41, 5.74) is 2.38. The monoisotopic (exact) mass is 419 g/mol. The summed E-state index contributed by atoms with van der Waals surface area (Å²) >= 11 is 0. The lowest BCUT2D eigenvalue weighted by molar-refractivity contribution is -1.03. The van der Waals surface area contributed by atoms with Crippen LogP contribution in [0.25, 0.3) is 10.9 Å². The smallest absolute Gasteiger partial charge is 0.214 e. The second-order valence-electron chi connectivity index (χ2n) is 9.77. The topological polar surface area (TPSA) is 65.4 Å². The lowest BCUT2D eigenvalue weighted by Gasteiger charge is -2.36. The average Bonchev–Trinajstić information content (AvgIpc) is 3.49. The first-order valence-electron chi connectivity index (χ1n) is 12.2. The summed E-state index contributed by atoms with van der Waals surface area (Å²) in [4.78, 5) is 7.98. The summed E-state index contributed by atoms with van der Waals surface area (Å²) < 4.78 is 2.19. The number of tetrazole rings is 1. The van der Waals surface area contributed by atoms with E-state index in [2.05, 4.69) is 49.5 Å². The van der Waals surface area contributed by atoms with Gasteiger partial charge in [-0.25, -0.2) is 4.68 Å². The van der Waals surface area contributed by atoms with E-state index in [1.165, 1.54) is 82.1 Å². The molecule has 1 aliphatic carbocycles. The van der Waals surface area contributed by atoms with Gasteiger partial charge in [0, 0.05) is 30.0 Å². The minimum atomic E-state index is 0.184. The molecule has 0 spiro atoms. The normalized spacial score (nSPS) is 27.9. The second-order valence-corrected chi connectivity index (χ2v) is 9.77. The van der Waals surface area contributed by atoms with Crippen LogP contribution >= 0.6 is 0 Å². The lowest BCUT2D eigenvalue weighted by Crippen LogP contribution is -3.29. The Morgan fingerprint density at radius 1 is 0.968 bits per heavy atom. The first-order chi connectivity index (χ1) is 15.4. The maximum Gasteiger partial charge on any atom is 0.214 e. The van der Waals surface area contributed by atoms with E-state index in [-0.39, 0.29) is 6.04 Å². The molecule has 3 fully saturated rings. The van der Waals surface area contributed by atoms with Gasteiger partial charge in [-0.2, -0.15) is 0 Å². The van der Waals surface area contributed by atoms with Crippen LogP contribution in [-0.4, -0.2) is 57.4 Å². The molecule has 2 unspecified atom stereocenters. The Bertz CT molecular complexity index is 1040. The van der Waals surface area contributed by atoms with Crippen LogP contribution in [0.2, 0.25) is 0 Å². The predicted octanol–water partition coefficient (Wildman–Crippen LogP) is 0.762. The van der Waals surface area contributed by atoms with Crippen molar-refractivity contribution in [3.63, 3.8) is 0 Å². The largest absolute Gasteiger partial charge is 0.323 e. The van der Waals surface area contributed by atoms with Crippen molar-refractivity contribution in [3.8, 4) is 0 Å². The minimum absolute atomic E-state index is 0.184. The van der Waals surface area contributed by atoms with Crippen LogP contribution in [-0.2, 0) is 0 Å². The number of rotatable bonds is 4.